The number of carboxylic acid groups (broad SMARTS) is 1. The van der Waals surface area contributed by atoms with Crippen molar-refractivity contribution in [2.24, 2.45) is 5.92 Å². The van der Waals surface area contributed by atoms with Crippen LogP contribution >= 0.6 is 11.6 Å². The third-order valence-electron chi connectivity index (χ3n) is 2.68. The van der Waals surface area contributed by atoms with E-state index in [1.807, 2.05) is 38.1 Å². The van der Waals surface area contributed by atoms with Gasteiger partial charge in [0.15, 0.2) is 0 Å². The first-order chi connectivity index (χ1) is 7.99. The Morgan fingerprint density at radius 2 is 1.94 bits per heavy atom. The Morgan fingerprint density at radius 1 is 1.35 bits per heavy atom. The van der Waals surface area contributed by atoms with Crippen LogP contribution in [0.25, 0.3) is 0 Å². The van der Waals surface area contributed by atoms with Gasteiger partial charge in [0, 0.05) is 17.6 Å². The van der Waals surface area contributed by atoms with Gasteiger partial charge in [0.25, 0.3) is 0 Å². The molecular weight excluding hydrogens is 238 g/mol. The van der Waals surface area contributed by atoms with Crippen molar-refractivity contribution >= 4 is 17.6 Å². The lowest BCUT2D eigenvalue weighted by Gasteiger charge is -2.20. The monoisotopic (exact) mass is 255 g/mol. The lowest BCUT2D eigenvalue weighted by molar-refractivity contribution is -0.137. The second-order valence-corrected chi connectivity index (χ2v) is 4.89. The van der Waals surface area contributed by atoms with E-state index in [0.717, 1.165) is 5.56 Å². The highest BCUT2D eigenvalue weighted by Crippen LogP contribution is 2.11. The minimum Gasteiger partial charge on any atom is -0.481 e. The van der Waals surface area contributed by atoms with E-state index in [1.165, 1.54) is 0 Å². The molecule has 0 aromatic heterocycles. The van der Waals surface area contributed by atoms with Crippen molar-refractivity contribution in [1.82, 2.24) is 5.32 Å². The second-order valence-electron chi connectivity index (χ2n) is 4.46. The van der Waals surface area contributed by atoms with Crippen LogP contribution in [-0.2, 0) is 11.3 Å². The molecule has 0 saturated carbocycles. The van der Waals surface area contributed by atoms with Crippen molar-refractivity contribution in [3.05, 3.63) is 34.9 Å². The molecule has 1 rings (SSSR count). The lowest BCUT2D eigenvalue weighted by atomic mass is 10.0. The van der Waals surface area contributed by atoms with Crippen molar-refractivity contribution < 1.29 is 9.90 Å². The number of aliphatic carboxylic acids is 1. The molecule has 0 spiro atoms. The quantitative estimate of drug-likeness (QED) is 0.822. The molecule has 3 nitrogen and oxygen atoms in total. The summed E-state index contributed by atoms with van der Waals surface area (Å²) < 4.78 is 0. The van der Waals surface area contributed by atoms with Crippen molar-refractivity contribution in [2.45, 2.75) is 32.9 Å². The van der Waals surface area contributed by atoms with Gasteiger partial charge < -0.3 is 10.4 Å². The molecule has 0 amide bonds. The Hall–Kier alpha value is -1.06. The predicted octanol–water partition coefficient (Wildman–Crippen LogP) is 2.93. The Balaban J connectivity index is 2.51. The maximum absolute atomic E-state index is 10.7. The first kappa shape index (κ1) is 14.0. The molecule has 0 fully saturated rings. The van der Waals surface area contributed by atoms with Gasteiger partial charge in [-0.15, -0.1) is 0 Å². The van der Waals surface area contributed by atoms with Gasteiger partial charge in [-0.25, -0.2) is 0 Å². The fourth-order valence-corrected chi connectivity index (χ4v) is 1.71. The Kier molecular flexibility index (Phi) is 5.45. The molecule has 0 aliphatic heterocycles. The molecule has 0 unspecified atom stereocenters. The highest BCUT2D eigenvalue weighted by Gasteiger charge is 2.16. The van der Waals surface area contributed by atoms with Crippen molar-refractivity contribution in [2.75, 3.05) is 0 Å². The zero-order chi connectivity index (χ0) is 12.8. The topological polar surface area (TPSA) is 49.3 Å². The van der Waals surface area contributed by atoms with Crippen LogP contribution in [0.1, 0.15) is 25.8 Å². The van der Waals surface area contributed by atoms with Crippen LogP contribution in [0, 0.1) is 5.92 Å². The molecule has 1 aromatic carbocycles. The summed E-state index contributed by atoms with van der Waals surface area (Å²) in [7, 11) is 0. The molecule has 0 heterocycles. The average molecular weight is 256 g/mol. The Bertz CT molecular complexity index is 362. The van der Waals surface area contributed by atoms with Gasteiger partial charge in [0.2, 0.25) is 0 Å². The summed E-state index contributed by atoms with van der Waals surface area (Å²) in [4.78, 5) is 10.7. The standard InChI is InChI=1S/C13H18ClNO2/c1-9(2)12(7-13(16)17)15-8-10-3-5-11(14)6-4-10/h3-6,9,12,15H,7-8H2,1-2H3,(H,16,17)/t12-/m1/s1. The van der Waals surface area contributed by atoms with E-state index in [1.54, 1.807) is 0 Å². The molecule has 17 heavy (non-hydrogen) atoms. The van der Waals surface area contributed by atoms with E-state index in [2.05, 4.69) is 5.32 Å². The number of nitrogens with one attached hydrogen (secondary N) is 1. The van der Waals surface area contributed by atoms with Crippen LogP contribution in [0.4, 0.5) is 0 Å². The Morgan fingerprint density at radius 3 is 2.41 bits per heavy atom. The molecule has 0 radical (unpaired) electrons. The van der Waals surface area contributed by atoms with Gasteiger partial charge >= 0.3 is 5.97 Å². The SMILES string of the molecule is CC(C)[C@@H](CC(=O)O)NCc1ccc(Cl)cc1. The zero-order valence-electron chi connectivity index (χ0n) is 10.1. The number of hydrogen-bond acceptors (Lipinski definition) is 2. The van der Waals surface area contributed by atoms with E-state index < -0.39 is 5.97 Å². The minimum atomic E-state index is -0.771. The smallest absolute Gasteiger partial charge is 0.304 e. The predicted molar refractivity (Wildman–Crippen MR) is 69.2 cm³/mol. The summed E-state index contributed by atoms with van der Waals surface area (Å²) in [5, 5.41) is 12.8. The molecule has 2 N–H and O–H groups in total. The van der Waals surface area contributed by atoms with Gasteiger partial charge in [-0.05, 0) is 23.6 Å². The first-order valence-electron chi connectivity index (χ1n) is 5.68. The first-order valence-corrected chi connectivity index (χ1v) is 6.06. The number of carbonyl (C=O) groups is 1. The normalized spacial score (nSPS) is 12.7. The summed E-state index contributed by atoms with van der Waals surface area (Å²) in [6.45, 7) is 4.69. The number of carboxylic acids is 1. The fourth-order valence-electron chi connectivity index (χ4n) is 1.58. The number of benzene rings is 1. The van der Waals surface area contributed by atoms with Gasteiger partial charge in [0.05, 0.1) is 6.42 Å². The molecule has 94 valence electrons. The van der Waals surface area contributed by atoms with Crippen LogP contribution < -0.4 is 5.32 Å². The van der Waals surface area contributed by atoms with E-state index in [-0.39, 0.29) is 12.5 Å². The van der Waals surface area contributed by atoms with Crippen LogP contribution in [0.5, 0.6) is 0 Å². The van der Waals surface area contributed by atoms with Crippen molar-refractivity contribution in [1.29, 1.82) is 0 Å². The molecule has 1 aromatic rings. The highest BCUT2D eigenvalue weighted by molar-refractivity contribution is 6.30. The number of halogens is 1. The summed E-state index contributed by atoms with van der Waals surface area (Å²) in [5.74, 6) is -0.481. The largest absolute Gasteiger partial charge is 0.481 e. The van der Waals surface area contributed by atoms with Gasteiger partial charge in [-0.3, -0.25) is 4.79 Å². The van der Waals surface area contributed by atoms with Gasteiger partial charge in [-0.2, -0.15) is 0 Å². The molecule has 4 heteroatoms. The lowest BCUT2D eigenvalue weighted by Crippen LogP contribution is -2.35. The molecule has 0 saturated heterocycles. The van der Waals surface area contributed by atoms with E-state index in [4.69, 9.17) is 16.7 Å². The van der Waals surface area contributed by atoms with E-state index >= 15 is 0 Å². The summed E-state index contributed by atoms with van der Waals surface area (Å²) >= 11 is 5.80. The van der Waals surface area contributed by atoms with Crippen LogP contribution in [0.3, 0.4) is 0 Å². The second kappa shape index (κ2) is 6.62. The average Bonchev–Trinajstić information content (AvgIpc) is 2.25. The Labute approximate surface area is 107 Å². The van der Waals surface area contributed by atoms with Crippen LogP contribution in [0.15, 0.2) is 24.3 Å². The maximum atomic E-state index is 10.7. The summed E-state index contributed by atoms with van der Waals surface area (Å²) in [6, 6.07) is 7.53. The molecule has 0 aliphatic carbocycles. The zero-order valence-corrected chi connectivity index (χ0v) is 10.9. The number of hydrogen-bond donors (Lipinski definition) is 2. The van der Waals surface area contributed by atoms with Crippen molar-refractivity contribution in [3.63, 3.8) is 0 Å². The fraction of sp³-hybridized carbons (Fsp3) is 0.462. The van der Waals surface area contributed by atoms with Crippen LogP contribution in [0.2, 0.25) is 5.02 Å². The highest BCUT2D eigenvalue weighted by atomic mass is 35.5. The van der Waals surface area contributed by atoms with E-state index in [0.29, 0.717) is 17.5 Å². The van der Waals surface area contributed by atoms with Crippen molar-refractivity contribution in [3.8, 4) is 0 Å². The number of rotatable bonds is 6. The summed E-state index contributed by atoms with van der Waals surface area (Å²) in [5.41, 5.74) is 1.10. The van der Waals surface area contributed by atoms with Gasteiger partial charge in [-0.1, -0.05) is 37.6 Å². The maximum Gasteiger partial charge on any atom is 0.304 e. The molecule has 0 bridgehead atoms. The molecular formula is C13H18ClNO2. The third-order valence-corrected chi connectivity index (χ3v) is 2.93. The summed E-state index contributed by atoms with van der Waals surface area (Å²) in [6.07, 6.45) is 0.144. The van der Waals surface area contributed by atoms with E-state index in [9.17, 15) is 4.79 Å². The molecule has 1 atom stereocenters. The minimum absolute atomic E-state index is 0.0109. The van der Waals surface area contributed by atoms with Crippen LogP contribution in [-0.4, -0.2) is 17.1 Å². The molecule has 0 aliphatic rings. The third kappa shape index (κ3) is 5.20. The van der Waals surface area contributed by atoms with Gasteiger partial charge in [0.1, 0.15) is 0 Å².